The molecule has 1 unspecified atom stereocenters. The molecule has 3 aliphatic rings. The molecule has 1 aliphatic heterocycles. The highest BCUT2D eigenvalue weighted by molar-refractivity contribution is 5.96. The Balaban J connectivity index is 1.73. The van der Waals surface area contributed by atoms with Gasteiger partial charge in [-0.05, 0) is 55.7 Å². The van der Waals surface area contributed by atoms with E-state index in [1.165, 1.54) is 25.7 Å². The molecule has 126 valence electrons. The number of aromatic nitrogens is 1. The average molecular weight is 325 g/mol. The number of pyridine rings is 1. The highest BCUT2D eigenvalue weighted by Crippen LogP contribution is 2.41. The molecule has 0 spiro atoms. The summed E-state index contributed by atoms with van der Waals surface area (Å²) in [5.41, 5.74) is 8.58. The maximum atomic E-state index is 13.1. The highest BCUT2D eigenvalue weighted by Gasteiger charge is 2.34. The molecule has 2 saturated carbocycles. The van der Waals surface area contributed by atoms with Gasteiger partial charge in [-0.3, -0.25) is 4.79 Å². The molecule has 0 radical (unpaired) electrons. The van der Waals surface area contributed by atoms with E-state index in [2.05, 4.69) is 5.32 Å². The maximum absolute atomic E-state index is 13.1. The summed E-state index contributed by atoms with van der Waals surface area (Å²) >= 11 is 0. The van der Waals surface area contributed by atoms with Gasteiger partial charge in [-0.2, -0.15) is 0 Å². The van der Waals surface area contributed by atoms with Gasteiger partial charge in [-0.1, -0.05) is 0 Å². The molecule has 3 N–H and O–H groups in total. The molecule has 0 bridgehead atoms. The summed E-state index contributed by atoms with van der Waals surface area (Å²) in [5.74, 6) is 1.82. The summed E-state index contributed by atoms with van der Waals surface area (Å²) in [6.45, 7) is 1.38. The summed E-state index contributed by atoms with van der Waals surface area (Å²) in [5, 5.41) is 4.65. The number of ether oxygens (including phenoxy) is 1. The number of hydrogen-bond donors (Lipinski definition) is 2. The third-order valence-corrected chi connectivity index (χ3v) is 5.58. The van der Waals surface area contributed by atoms with E-state index in [1.54, 1.807) is 0 Å². The lowest BCUT2D eigenvalue weighted by Gasteiger charge is -2.20. The van der Waals surface area contributed by atoms with Crippen LogP contribution in [0, 0.1) is 11.8 Å². The number of nitrogens with zero attached hydrogens (tertiary/aromatic N) is 1. The van der Waals surface area contributed by atoms with E-state index in [1.807, 2.05) is 22.8 Å². The fourth-order valence-electron chi connectivity index (χ4n) is 3.87. The van der Waals surface area contributed by atoms with Crippen LogP contribution in [0.4, 0.5) is 11.4 Å². The van der Waals surface area contributed by atoms with Crippen LogP contribution in [0.3, 0.4) is 0 Å². The first kappa shape index (κ1) is 14.2. The van der Waals surface area contributed by atoms with Gasteiger partial charge >= 0.3 is 0 Å². The quantitative estimate of drug-likeness (QED) is 0.851. The number of nitrogen functional groups attached to an aromatic ring is 1. The fraction of sp³-hybridized carbons (Fsp3) is 0.526. The number of fused-ring (bicyclic) bond motifs is 3. The Kier molecular flexibility index (Phi) is 3.05. The van der Waals surface area contributed by atoms with Gasteiger partial charge in [-0.15, -0.1) is 0 Å². The number of rotatable bonds is 3. The van der Waals surface area contributed by atoms with Gasteiger partial charge in [-0.25, -0.2) is 0 Å². The van der Waals surface area contributed by atoms with Crippen molar-refractivity contribution in [2.24, 2.45) is 11.8 Å². The normalized spacial score (nSPS) is 23.2. The number of nitrogens with one attached hydrogen (secondary N) is 1. The second-order valence-corrected chi connectivity index (χ2v) is 7.57. The van der Waals surface area contributed by atoms with Crippen molar-refractivity contribution < 1.29 is 4.74 Å². The molecule has 5 rings (SSSR count). The molecule has 0 amide bonds. The minimum absolute atomic E-state index is 0.00174. The van der Waals surface area contributed by atoms with Gasteiger partial charge in [0.2, 0.25) is 5.75 Å². The maximum Gasteiger partial charge on any atom is 0.295 e. The number of nitrogens with two attached hydrogens (primary N) is 1. The van der Waals surface area contributed by atoms with Crippen LogP contribution >= 0.6 is 0 Å². The van der Waals surface area contributed by atoms with E-state index in [4.69, 9.17) is 10.5 Å². The van der Waals surface area contributed by atoms with Crippen LogP contribution in [-0.4, -0.2) is 17.2 Å². The third-order valence-electron chi connectivity index (χ3n) is 5.58. The molecule has 2 fully saturated rings. The molecule has 0 saturated heterocycles. The largest absolute Gasteiger partial charge is 0.486 e. The van der Waals surface area contributed by atoms with Crippen LogP contribution in [0.25, 0.3) is 10.9 Å². The van der Waals surface area contributed by atoms with Crippen molar-refractivity contribution in [3.05, 3.63) is 28.6 Å². The standard InChI is InChI=1S/C19H23N3O2/c20-13-5-6-16-14(9-13)17-18(19(23)22(16)10-11-1-2-11)24-8-7-15(21-17)12-3-4-12/h5-6,9,11-12,15,21H,1-4,7-8,10,20H2. The Morgan fingerprint density at radius 2 is 2.04 bits per heavy atom. The van der Waals surface area contributed by atoms with Crippen molar-refractivity contribution in [1.29, 1.82) is 0 Å². The van der Waals surface area contributed by atoms with Crippen LogP contribution in [0.15, 0.2) is 23.0 Å². The van der Waals surface area contributed by atoms with E-state index < -0.39 is 0 Å². The number of benzene rings is 1. The van der Waals surface area contributed by atoms with Crippen molar-refractivity contribution in [3.63, 3.8) is 0 Å². The predicted octanol–water partition coefficient (Wildman–Crippen LogP) is 2.97. The first-order chi connectivity index (χ1) is 11.7. The molecule has 24 heavy (non-hydrogen) atoms. The summed E-state index contributed by atoms with van der Waals surface area (Å²) in [6, 6.07) is 6.23. The molecule has 1 atom stereocenters. The Labute approximate surface area is 140 Å². The van der Waals surface area contributed by atoms with Crippen LogP contribution in [0.1, 0.15) is 32.1 Å². The molecule has 2 aliphatic carbocycles. The zero-order valence-electron chi connectivity index (χ0n) is 13.8. The van der Waals surface area contributed by atoms with Gasteiger partial charge in [0.15, 0.2) is 0 Å². The summed E-state index contributed by atoms with van der Waals surface area (Å²) in [7, 11) is 0. The Morgan fingerprint density at radius 3 is 2.79 bits per heavy atom. The van der Waals surface area contributed by atoms with Gasteiger partial charge in [0.05, 0.1) is 17.8 Å². The smallest absolute Gasteiger partial charge is 0.295 e. The SMILES string of the molecule is Nc1ccc2c(c1)c1c(c(=O)n2CC2CC2)OCCC(C2CC2)N1. The average Bonchev–Trinajstić information content (AvgIpc) is 3.45. The van der Waals surface area contributed by atoms with E-state index in [9.17, 15) is 4.79 Å². The van der Waals surface area contributed by atoms with E-state index in [0.717, 1.165) is 35.2 Å². The molecule has 1 aromatic carbocycles. The molecule has 5 nitrogen and oxygen atoms in total. The van der Waals surface area contributed by atoms with Gasteiger partial charge in [0, 0.05) is 30.1 Å². The molecule has 2 aromatic rings. The zero-order valence-corrected chi connectivity index (χ0v) is 13.8. The Bertz CT molecular complexity index is 865. The van der Waals surface area contributed by atoms with E-state index >= 15 is 0 Å². The summed E-state index contributed by atoms with van der Waals surface area (Å²) < 4.78 is 7.83. The minimum Gasteiger partial charge on any atom is -0.486 e. The van der Waals surface area contributed by atoms with Gasteiger partial charge in [0.25, 0.3) is 5.56 Å². The fourth-order valence-corrected chi connectivity index (χ4v) is 3.87. The van der Waals surface area contributed by atoms with Crippen LogP contribution in [-0.2, 0) is 6.54 Å². The topological polar surface area (TPSA) is 69.3 Å². The second-order valence-electron chi connectivity index (χ2n) is 7.57. The van der Waals surface area contributed by atoms with Crippen molar-refractivity contribution in [1.82, 2.24) is 4.57 Å². The monoisotopic (exact) mass is 325 g/mol. The van der Waals surface area contributed by atoms with Crippen molar-refractivity contribution >= 4 is 22.3 Å². The number of anilines is 2. The predicted molar refractivity (Wildman–Crippen MR) is 95.6 cm³/mol. The Morgan fingerprint density at radius 1 is 1.21 bits per heavy atom. The van der Waals surface area contributed by atoms with Crippen LogP contribution in [0.2, 0.25) is 0 Å². The zero-order chi connectivity index (χ0) is 16.3. The lowest BCUT2D eigenvalue weighted by Crippen LogP contribution is -2.25. The second kappa shape index (κ2) is 5.16. The summed E-state index contributed by atoms with van der Waals surface area (Å²) in [4.78, 5) is 13.1. The Hall–Kier alpha value is -2.17. The van der Waals surface area contributed by atoms with Gasteiger partial charge in [0.1, 0.15) is 0 Å². The van der Waals surface area contributed by atoms with Crippen molar-refractivity contribution in [2.75, 3.05) is 17.7 Å². The molecular weight excluding hydrogens is 302 g/mol. The minimum atomic E-state index is -0.00174. The molecule has 1 aromatic heterocycles. The van der Waals surface area contributed by atoms with Gasteiger partial charge < -0.3 is 20.4 Å². The van der Waals surface area contributed by atoms with E-state index in [-0.39, 0.29) is 5.56 Å². The number of hydrogen-bond acceptors (Lipinski definition) is 4. The molecule has 5 heteroatoms. The molecule has 2 heterocycles. The van der Waals surface area contributed by atoms with Crippen LogP contribution < -0.4 is 21.3 Å². The van der Waals surface area contributed by atoms with Crippen molar-refractivity contribution in [2.45, 2.75) is 44.7 Å². The van der Waals surface area contributed by atoms with E-state index in [0.29, 0.717) is 30.2 Å². The third kappa shape index (κ3) is 2.34. The first-order valence-corrected chi connectivity index (χ1v) is 9.06. The van der Waals surface area contributed by atoms with Crippen LogP contribution in [0.5, 0.6) is 5.75 Å². The first-order valence-electron chi connectivity index (χ1n) is 9.06. The highest BCUT2D eigenvalue weighted by atomic mass is 16.5. The summed E-state index contributed by atoms with van der Waals surface area (Å²) in [6.07, 6.45) is 5.91. The lowest BCUT2D eigenvalue weighted by molar-refractivity contribution is 0.302. The lowest BCUT2D eigenvalue weighted by atomic mass is 10.1. The molecular formula is C19H23N3O2. The van der Waals surface area contributed by atoms with Crippen molar-refractivity contribution in [3.8, 4) is 5.75 Å².